The van der Waals surface area contributed by atoms with Crippen molar-refractivity contribution in [3.63, 3.8) is 0 Å². The zero-order valence-electron chi connectivity index (χ0n) is 9.46. The van der Waals surface area contributed by atoms with Crippen LogP contribution in [0.2, 0.25) is 0 Å². The predicted molar refractivity (Wildman–Crippen MR) is 65.9 cm³/mol. The first kappa shape index (κ1) is 11.9. The van der Waals surface area contributed by atoms with Crippen molar-refractivity contribution in [1.82, 2.24) is 5.32 Å². The average molecular weight is 242 g/mol. The zero-order chi connectivity index (χ0) is 13.0. The summed E-state index contributed by atoms with van der Waals surface area (Å²) in [6, 6.07) is 5.06. The molecule has 1 heterocycles. The highest BCUT2D eigenvalue weighted by atomic mass is 16.2. The molecule has 2 amide bonds. The number of fused-ring (bicyclic) bond motifs is 1. The van der Waals surface area contributed by atoms with Gasteiger partial charge in [0.05, 0.1) is 11.1 Å². The number of amides is 2. The van der Waals surface area contributed by atoms with Crippen molar-refractivity contribution in [2.45, 2.75) is 6.42 Å². The number of nitrogens with zero attached hydrogens (tertiary/aromatic N) is 3. The number of rotatable bonds is 4. The van der Waals surface area contributed by atoms with Gasteiger partial charge in [0.2, 0.25) is 0 Å². The predicted octanol–water partition coefficient (Wildman–Crippen LogP) is 2.28. The molecule has 90 valence electrons. The van der Waals surface area contributed by atoms with Crippen molar-refractivity contribution in [3.05, 3.63) is 51.4 Å². The van der Waals surface area contributed by atoms with Crippen LogP contribution in [0.3, 0.4) is 0 Å². The van der Waals surface area contributed by atoms with E-state index in [0.717, 1.165) is 5.56 Å². The van der Waals surface area contributed by atoms with E-state index in [-0.39, 0.29) is 11.8 Å². The summed E-state index contributed by atoms with van der Waals surface area (Å²) in [5.41, 5.74) is 9.74. The minimum atomic E-state index is -0.362. The summed E-state index contributed by atoms with van der Waals surface area (Å²) in [5.74, 6) is -0.715. The Morgan fingerprint density at radius 3 is 2.83 bits per heavy atom. The Hall–Kier alpha value is -2.59. The van der Waals surface area contributed by atoms with Crippen LogP contribution in [0.5, 0.6) is 0 Å². The number of hydrogen-bond donors (Lipinski definition) is 1. The summed E-state index contributed by atoms with van der Waals surface area (Å²) in [4.78, 5) is 25.4. The third-order valence-electron chi connectivity index (χ3n) is 2.53. The number of carbonyl (C=O) groups is 2. The summed E-state index contributed by atoms with van der Waals surface area (Å²) in [5, 5.41) is 5.64. The summed E-state index contributed by atoms with van der Waals surface area (Å²) < 4.78 is 0. The van der Waals surface area contributed by atoms with Crippen molar-refractivity contribution in [1.29, 1.82) is 0 Å². The first-order valence-corrected chi connectivity index (χ1v) is 5.39. The molecular weight excluding hydrogens is 232 g/mol. The molecule has 1 N–H and O–H groups in total. The highest BCUT2D eigenvalue weighted by Crippen LogP contribution is 2.18. The maximum atomic E-state index is 11.4. The molecule has 0 aromatic heterocycles. The summed E-state index contributed by atoms with van der Waals surface area (Å²) in [6.07, 6.45) is 4.31. The van der Waals surface area contributed by atoms with Gasteiger partial charge in [0.15, 0.2) is 0 Å². The number of carbonyl (C=O) groups excluding carboxylic acids is 2. The minimum absolute atomic E-state index is 0.353. The Balaban J connectivity index is 2.12. The fourth-order valence-electron chi connectivity index (χ4n) is 1.69. The SMILES string of the molecule is [N-]=[N+]=NCCC=Cc1ccc2c(c1)C(=O)NC2=O. The molecule has 0 bridgehead atoms. The lowest BCUT2D eigenvalue weighted by Crippen LogP contribution is -2.19. The van der Waals surface area contributed by atoms with Gasteiger partial charge in [0.25, 0.3) is 11.8 Å². The molecule has 2 rings (SSSR count). The molecule has 1 aromatic carbocycles. The average Bonchev–Trinajstić information content (AvgIpc) is 2.65. The van der Waals surface area contributed by atoms with Crippen molar-refractivity contribution < 1.29 is 9.59 Å². The lowest BCUT2D eigenvalue weighted by atomic mass is 10.1. The topological polar surface area (TPSA) is 94.9 Å². The summed E-state index contributed by atoms with van der Waals surface area (Å²) in [7, 11) is 0. The Morgan fingerprint density at radius 1 is 1.28 bits per heavy atom. The van der Waals surface area contributed by atoms with Crippen LogP contribution in [0.25, 0.3) is 16.5 Å². The van der Waals surface area contributed by atoms with Crippen molar-refractivity contribution >= 4 is 17.9 Å². The molecule has 1 aliphatic rings. The van der Waals surface area contributed by atoms with Crippen LogP contribution in [0.4, 0.5) is 0 Å². The fraction of sp³-hybridized carbons (Fsp3) is 0.167. The molecular formula is C12H10N4O2. The molecule has 0 fully saturated rings. The quantitative estimate of drug-likeness (QED) is 0.288. The van der Waals surface area contributed by atoms with E-state index >= 15 is 0 Å². The molecule has 1 aromatic rings. The molecule has 0 saturated heterocycles. The monoisotopic (exact) mass is 242 g/mol. The number of nitrogens with one attached hydrogen (secondary N) is 1. The molecule has 0 atom stereocenters. The van der Waals surface area contributed by atoms with Gasteiger partial charge in [-0.3, -0.25) is 14.9 Å². The molecule has 0 aliphatic carbocycles. The van der Waals surface area contributed by atoms with Gasteiger partial charge in [-0.15, -0.1) is 0 Å². The summed E-state index contributed by atoms with van der Waals surface area (Å²) >= 11 is 0. The van der Waals surface area contributed by atoms with Crippen LogP contribution in [-0.4, -0.2) is 18.4 Å². The number of hydrogen-bond acceptors (Lipinski definition) is 3. The number of azide groups is 1. The van der Waals surface area contributed by atoms with Gasteiger partial charge in [-0.2, -0.15) is 0 Å². The highest BCUT2D eigenvalue weighted by Gasteiger charge is 2.26. The van der Waals surface area contributed by atoms with Crippen molar-refractivity contribution in [3.8, 4) is 0 Å². The van der Waals surface area contributed by atoms with Crippen molar-refractivity contribution in [2.75, 3.05) is 6.54 Å². The normalized spacial score (nSPS) is 13.3. The third-order valence-corrected chi connectivity index (χ3v) is 2.53. The van der Waals surface area contributed by atoms with E-state index in [1.165, 1.54) is 0 Å². The van der Waals surface area contributed by atoms with Gasteiger partial charge in [0, 0.05) is 11.5 Å². The van der Waals surface area contributed by atoms with Crippen LogP contribution in [-0.2, 0) is 0 Å². The molecule has 18 heavy (non-hydrogen) atoms. The Bertz CT molecular complexity index is 586. The second-order valence-corrected chi connectivity index (χ2v) is 3.73. The van der Waals surface area contributed by atoms with E-state index in [2.05, 4.69) is 15.3 Å². The third kappa shape index (κ3) is 2.39. The first-order valence-electron chi connectivity index (χ1n) is 5.39. The largest absolute Gasteiger partial charge is 0.288 e. The van der Waals surface area contributed by atoms with Gasteiger partial charge >= 0.3 is 0 Å². The van der Waals surface area contributed by atoms with Gasteiger partial charge in [-0.05, 0) is 29.6 Å². The molecule has 1 aliphatic heterocycles. The number of imide groups is 1. The van der Waals surface area contributed by atoms with Crippen LogP contribution in [0.15, 0.2) is 29.4 Å². The van der Waals surface area contributed by atoms with Crippen molar-refractivity contribution in [2.24, 2.45) is 5.11 Å². The number of benzene rings is 1. The molecule has 6 heteroatoms. The van der Waals surface area contributed by atoms with Crippen LogP contribution in [0, 0.1) is 0 Å². The Kier molecular flexibility index (Phi) is 3.41. The smallest absolute Gasteiger partial charge is 0.258 e. The molecule has 0 saturated carbocycles. The zero-order valence-corrected chi connectivity index (χ0v) is 9.46. The van der Waals surface area contributed by atoms with E-state index < -0.39 is 0 Å². The maximum absolute atomic E-state index is 11.4. The van der Waals surface area contributed by atoms with E-state index in [9.17, 15) is 9.59 Å². The summed E-state index contributed by atoms with van der Waals surface area (Å²) in [6.45, 7) is 0.400. The second-order valence-electron chi connectivity index (χ2n) is 3.73. The van der Waals surface area contributed by atoms with Crippen LogP contribution in [0.1, 0.15) is 32.7 Å². The first-order chi connectivity index (χ1) is 8.72. The minimum Gasteiger partial charge on any atom is -0.288 e. The van der Waals surface area contributed by atoms with Crippen LogP contribution < -0.4 is 5.32 Å². The van der Waals surface area contributed by atoms with Gasteiger partial charge in [0.1, 0.15) is 0 Å². The van der Waals surface area contributed by atoms with E-state index in [1.807, 2.05) is 12.2 Å². The van der Waals surface area contributed by atoms with Gasteiger partial charge < -0.3 is 0 Å². The highest BCUT2D eigenvalue weighted by molar-refractivity contribution is 6.21. The van der Waals surface area contributed by atoms with E-state index in [0.29, 0.717) is 24.1 Å². The van der Waals surface area contributed by atoms with Crippen LogP contribution >= 0.6 is 0 Å². The second kappa shape index (κ2) is 5.16. The fourth-order valence-corrected chi connectivity index (χ4v) is 1.69. The van der Waals surface area contributed by atoms with Gasteiger partial charge in [-0.25, -0.2) is 0 Å². The lowest BCUT2D eigenvalue weighted by Gasteiger charge is -1.96. The molecule has 6 nitrogen and oxygen atoms in total. The molecule has 0 spiro atoms. The maximum Gasteiger partial charge on any atom is 0.258 e. The Morgan fingerprint density at radius 2 is 2.06 bits per heavy atom. The standard InChI is InChI=1S/C12H10N4O2/c13-16-14-6-2-1-3-8-4-5-9-10(7-8)12(18)15-11(9)17/h1,3-5,7H,2,6H2,(H,15,17,18). The lowest BCUT2D eigenvalue weighted by molar-refractivity contribution is 0.0879. The van der Waals surface area contributed by atoms with E-state index in [4.69, 9.17) is 5.53 Å². The van der Waals surface area contributed by atoms with E-state index in [1.54, 1.807) is 18.2 Å². The Labute approximate surface area is 103 Å². The molecule has 0 unspecified atom stereocenters. The van der Waals surface area contributed by atoms with Gasteiger partial charge in [-0.1, -0.05) is 23.3 Å². The molecule has 0 radical (unpaired) electrons.